The van der Waals surface area contributed by atoms with E-state index >= 15 is 0 Å². The Labute approximate surface area is 115 Å². The van der Waals surface area contributed by atoms with Crippen LogP contribution in [0.4, 0.5) is 0 Å². The van der Waals surface area contributed by atoms with E-state index in [1.165, 1.54) is 12.8 Å². The predicted octanol–water partition coefficient (Wildman–Crippen LogP) is 2.18. The smallest absolute Gasteiger partial charge is 0.230 e. The van der Waals surface area contributed by atoms with Gasteiger partial charge in [-0.05, 0) is 24.7 Å². The second-order valence-electron chi connectivity index (χ2n) is 6.66. The molecular formula is C14H25N3O2. The van der Waals surface area contributed by atoms with E-state index in [4.69, 9.17) is 9.52 Å². The Morgan fingerprint density at radius 1 is 1.32 bits per heavy atom. The van der Waals surface area contributed by atoms with Gasteiger partial charge in [0.1, 0.15) is 0 Å². The average Bonchev–Trinajstić information content (AvgIpc) is 3.06. The second kappa shape index (κ2) is 6.01. The molecule has 1 saturated carbocycles. The number of hydrogen-bond donors (Lipinski definition) is 1. The molecule has 1 aromatic heterocycles. The van der Waals surface area contributed by atoms with Crippen LogP contribution in [0.25, 0.3) is 0 Å². The molecule has 0 aromatic carbocycles. The zero-order chi connectivity index (χ0) is 13.9. The number of hydrogen-bond acceptors (Lipinski definition) is 5. The van der Waals surface area contributed by atoms with Gasteiger partial charge in [-0.3, -0.25) is 4.90 Å². The fraction of sp³-hybridized carbons (Fsp3) is 0.857. The molecule has 0 amide bonds. The Balaban J connectivity index is 1.92. The maximum atomic E-state index is 8.99. The first-order chi connectivity index (χ1) is 8.98. The van der Waals surface area contributed by atoms with E-state index in [0.29, 0.717) is 18.4 Å². The van der Waals surface area contributed by atoms with Gasteiger partial charge in [-0.25, -0.2) is 0 Å². The van der Waals surface area contributed by atoms with Crippen molar-refractivity contribution < 1.29 is 9.52 Å². The molecule has 1 aliphatic rings. The summed E-state index contributed by atoms with van der Waals surface area (Å²) < 4.78 is 5.71. The molecule has 1 heterocycles. The van der Waals surface area contributed by atoms with Gasteiger partial charge in [0.25, 0.3) is 0 Å². The van der Waals surface area contributed by atoms with E-state index in [2.05, 4.69) is 35.9 Å². The van der Waals surface area contributed by atoms with Crippen molar-refractivity contribution in [3.63, 3.8) is 0 Å². The quantitative estimate of drug-likeness (QED) is 0.820. The Hall–Kier alpha value is -0.940. The lowest BCUT2D eigenvalue weighted by atomic mass is 9.96. The molecule has 5 heteroatoms. The third-order valence-corrected chi connectivity index (χ3v) is 3.10. The lowest BCUT2D eigenvalue weighted by molar-refractivity contribution is 0.154. The Morgan fingerprint density at radius 3 is 2.63 bits per heavy atom. The van der Waals surface area contributed by atoms with Crippen LogP contribution in [0.2, 0.25) is 0 Å². The maximum Gasteiger partial charge on any atom is 0.230 e. The Bertz CT molecular complexity index is 394. The highest BCUT2D eigenvalue weighted by atomic mass is 16.4. The zero-order valence-electron chi connectivity index (χ0n) is 12.2. The first-order valence-corrected chi connectivity index (χ1v) is 7.13. The Morgan fingerprint density at radius 2 is 2.05 bits per heavy atom. The number of aliphatic hydroxyl groups is 1. The van der Waals surface area contributed by atoms with Crippen molar-refractivity contribution in [2.24, 2.45) is 5.41 Å². The third-order valence-electron chi connectivity index (χ3n) is 3.10. The molecule has 0 spiro atoms. The molecule has 19 heavy (non-hydrogen) atoms. The van der Waals surface area contributed by atoms with E-state index < -0.39 is 0 Å². The highest BCUT2D eigenvalue weighted by molar-refractivity contribution is 5.00. The zero-order valence-corrected chi connectivity index (χ0v) is 12.2. The predicted molar refractivity (Wildman–Crippen MR) is 72.7 cm³/mol. The van der Waals surface area contributed by atoms with Gasteiger partial charge in [0.05, 0.1) is 6.54 Å². The van der Waals surface area contributed by atoms with Gasteiger partial charge < -0.3 is 9.52 Å². The fourth-order valence-electron chi connectivity index (χ4n) is 2.20. The molecule has 0 unspecified atom stereocenters. The normalized spacial score (nSPS) is 16.3. The van der Waals surface area contributed by atoms with Crippen molar-refractivity contribution in [3.05, 3.63) is 11.8 Å². The molecule has 1 aromatic rings. The summed E-state index contributed by atoms with van der Waals surface area (Å²) in [5.74, 6) is 2.01. The summed E-state index contributed by atoms with van der Waals surface area (Å²) >= 11 is 0. The minimum atomic E-state index is 0.217. The topological polar surface area (TPSA) is 62.4 Å². The highest BCUT2D eigenvalue weighted by Gasteiger charge is 2.29. The minimum absolute atomic E-state index is 0.217. The highest BCUT2D eigenvalue weighted by Crippen LogP contribution is 2.39. The van der Waals surface area contributed by atoms with Gasteiger partial charge in [0, 0.05) is 25.6 Å². The average molecular weight is 267 g/mol. The minimum Gasteiger partial charge on any atom is -0.424 e. The van der Waals surface area contributed by atoms with Crippen LogP contribution in [0, 0.1) is 5.41 Å². The van der Waals surface area contributed by atoms with Crippen LogP contribution in [0.3, 0.4) is 0 Å². The van der Waals surface area contributed by atoms with Gasteiger partial charge in [-0.1, -0.05) is 20.8 Å². The Kier molecular flexibility index (Phi) is 4.58. The molecule has 0 radical (unpaired) electrons. The lowest BCUT2D eigenvalue weighted by Crippen LogP contribution is -2.33. The molecule has 1 fully saturated rings. The molecule has 108 valence electrons. The van der Waals surface area contributed by atoms with Gasteiger partial charge in [-0.15, -0.1) is 10.2 Å². The van der Waals surface area contributed by atoms with Crippen molar-refractivity contribution in [3.8, 4) is 0 Å². The van der Waals surface area contributed by atoms with Crippen LogP contribution in [-0.2, 0) is 6.54 Å². The van der Waals surface area contributed by atoms with E-state index in [9.17, 15) is 0 Å². The number of rotatable bonds is 7. The summed E-state index contributed by atoms with van der Waals surface area (Å²) in [4.78, 5) is 2.28. The van der Waals surface area contributed by atoms with E-state index in [1.807, 2.05) is 0 Å². The summed E-state index contributed by atoms with van der Waals surface area (Å²) in [5.41, 5.74) is 0.217. The van der Waals surface area contributed by atoms with Crippen LogP contribution < -0.4 is 0 Å². The standard InChI is InChI=1S/C14H25N3O2/c1-14(2,3)10-17(7-4-8-18)9-12-15-16-13(19-12)11-5-6-11/h11,18H,4-10H2,1-3H3. The van der Waals surface area contributed by atoms with Crippen molar-refractivity contribution in [2.75, 3.05) is 19.7 Å². The molecule has 2 rings (SSSR count). The number of aromatic nitrogens is 2. The lowest BCUT2D eigenvalue weighted by Gasteiger charge is -2.28. The van der Waals surface area contributed by atoms with Crippen LogP contribution in [0.5, 0.6) is 0 Å². The summed E-state index contributed by atoms with van der Waals surface area (Å²) in [7, 11) is 0. The summed E-state index contributed by atoms with van der Waals surface area (Å²) in [6.45, 7) is 9.34. The molecular weight excluding hydrogens is 242 g/mol. The largest absolute Gasteiger partial charge is 0.424 e. The van der Waals surface area contributed by atoms with E-state index in [1.54, 1.807) is 0 Å². The van der Waals surface area contributed by atoms with Crippen molar-refractivity contribution in [1.82, 2.24) is 15.1 Å². The van der Waals surface area contributed by atoms with Gasteiger partial charge in [0.2, 0.25) is 11.8 Å². The summed E-state index contributed by atoms with van der Waals surface area (Å²) in [6.07, 6.45) is 3.13. The van der Waals surface area contributed by atoms with Gasteiger partial charge in [0.15, 0.2) is 0 Å². The van der Waals surface area contributed by atoms with Crippen molar-refractivity contribution >= 4 is 0 Å². The maximum absolute atomic E-state index is 8.99. The van der Waals surface area contributed by atoms with E-state index in [-0.39, 0.29) is 12.0 Å². The fourth-order valence-corrected chi connectivity index (χ4v) is 2.20. The summed E-state index contributed by atoms with van der Waals surface area (Å²) in [6, 6.07) is 0. The molecule has 1 N–H and O–H groups in total. The first-order valence-electron chi connectivity index (χ1n) is 7.13. The molecule has 0 atom stereocenters. The SMILES string of the molecule is CC(C)(C)CN(CCCO)Cc1nnc(C2CC2)o1. The van der Waals surface area contributed by atoms with Crippen LogP contribution in [0.1, 0.15) is 57.7 Å². The second-order valence-corrected chi connectivity index (χ2v) is 6.66. The molecule has 0 saturated heterocycles. The third kappa shape index (κ3) is 4.91. The summed E-state index contributed by atoms with van der Waals surface area (Å²) in [5, 5.41) is 17.2. The monoisotopic (exact) mass is 267 g/mol. The van der Waals surface area contributed by atoms with Crippen LogP contribution >= 0.6 is 0 Å². The van der Waals surface area contributed by atoms with Crippen molar-refractivity contribution in [2.45, 2.75) is 52.5 Å². The van der Waals surface area contributed by atoms with Crippen LogP contribution in [0.15, 0.2) is 4.42 Å². The molecule has 1 aliphatic carbocycles. The van der Waals surface area contributed by atoms with Gasteiger partial charge >= 0.3 is 0 Å². The number of nitrogens with zero attached hydrogens (tertiary/aromatic N) is 3. The molecule has 0 aliphatic heterocycles. The van der Waals surface area contributed by atoms with Gasteiger partial charge in [-0.2, -0.15) is 0 Å². The number of aliphatic hydroxyl groups excluding tert-OH is 1. The molecule has 5 nitrogen and oxygen atoms in total. The van der Waals surface area contributed by atoms with Crippen LogP contribution in [-0.4, -0.2) is 39.9 Å². The first kappa shape index (κ1) is 14.5. The van der Waals surface area contributed by atoms with Crippen molar-refractivity contribution in [1.29, 1.82) is 0 Å². The van der Waals surface area contributed by atoms with E-state index in [0.717, 1.165) is 25.4 Å². The molecule has 0 bridgehead atoms.